The summed E-state index contributed by atoms with van der Waals surface area (Å²) in [6.45, 7) is 0. The van der Waals surface area contributed by atoms with E-state index < -0.39 is 16.4 Å². The highest BCUT2D eigenvalue weighted by molar-refractivity contribution is 9.10. The van der Waals surface area contributed by atoms with Gasteiger partial charge in [-0.15, -0.1) is 0 Å². The number of phenols is 1. The second-order valence-electron chi connectivity index (χ2n) is 5.92. The fourth-order valence-electron chi connectivity index (χ4n) is 2.69. The minimum atomic E-state index is -0.649. The molecule has 0 unspecified atom stereocenters. The molecule has 1 N–H and O–H groups in total. The second kappa shape index (κ2) is 7.24. The number of aromatic hydroxyl groups is 1. The van der Waals surface area contributed by atoms with Crippen LogP contribution in [0.15, 0.2) is 74.5 Å². The normalized spacial score (nSPS) is 11.3. The Hall–Kier alpha value is -3.52. The number of nitro groups is 1. The van der Waals surface area contributed by atoms with Crippen LogP contribution in [0.1, 0.15) is 5.56 Å². The molecule has 0 spiro atoms. The van der Waals surface area contributed by atoms with Crippen LogP contribution >= 0.6 is 15.9 Å². The first-order valence-corrected chi connectivity index (χ1v) is 8.97. The minimum Gasteiger partial charge on any atom is -0.502 e. The number of nitrogens with zero attached hydrogens (tertiary/aromatic N) is 3. The zero-order chi connectivity index (χ0) is 19.7. The molecular formula is C20H12BrN3O4. The van der Waals surface area contributed by atoms with Crippen molar-refractivity contribution in [3.05, 3.63) is 80.8 Å². The van der Waals surface area contributed by atoms with Crippen molar-refractivity contribution < 1.29 is 14.4 Å². The van der Waals surface area contributed by atoms with E-state index in [4.69, 9.17) is 4.42 Å². The fraction of sp³-hybridized carbons (Fsp3) is 0. The molecule has 0 aliphatic heterocycles. The Morgan fingerprint density at radius 1 is 1.14 bits per heavy atom. The van der Waals surface area contributed by atoms with Gasteiger partial charge in [-0.05, 0) is 36.4 Å². The number of benzene rings is 3. The van der Waals surface area contributed by atoms with E-state index in [0.29, 0.717) is 27.2 Å². The Bertz CT molecular complexity index is 1220. The van der Waals surface area contributed by atoms with Gasteiger partial charge in [0.25, 0.3) is 0 Å². The zero-order valence-electron chi connectivity index (χ0n) is 14.2. The van der Waals surface area contributed by atoms with E-state index in [2.05, 4.69) is 25.9 Å². The molecule has 4 rings (SSSR count). The van der Waals surface area contributed by atoms with Crippen LogP contribution in [0.3, 0.4) is 0 Å². The predicted octanol–water partition coefficient (Wildman–Crippen LogP) is 5.62. The summed E-state index contributed by atoms with van der Waals surface area (Å²) in [5.74, 6) is 0.0721. The number of aliphatic imine (C=N–C) groups is 1. The number of hydrogen-bond acceptors (Lipinski definition) is 6. The maximum atomic E-state index is 11.0. The number of oxazole rings is 1. The molecule has 1 heterocycles. The molecule has 0 radical (unpaired) electrons. The standard InChI is InChI=1S/C20H12BrN3O4/c21-14-8-13(19(25)17(9-14)24(26)27)11-22-15-6-7-18-16(10-15)23-20(28-18)12-4-2-1-3-5-12/h1-11,25H. The van der Waals surface area contributed by atoms with Gasteiger partial charge in [-0.3, -0.25) is 15.1 Å². The van der Waals surface area contributed by atoms with Gasteiger partial charge in [0, 0.05) is 27.9 Å². The average molecular weight is 438 g/mol. The monoisotopic (exact) mass is 437 g/mol. The molecule has 8 heteroatoms. The van der Waals surface area contributed by atoms with Crippen LogP contribution in [0.25, 0.3) is 22.6 Å². The molecule has 0 atom stereocenters. The number of nitro benzene ring substituents is 1. The Morgan fingerprint density at radius 2 is 1.93 bits per heavy atom. The van der Waals surface area contributed by atoms with Gasteiger partial charge >= 0.3 is 5.69 Å². The van der Waals surface area contributed by atoms with Gasteiger partial charge in [-0.2, -0.15) is 0 Å². The van der Waals surface area contributed by atoms with E-state index >= 15 is 0 Å². The predicted molar refractivity (Wildman–Crippen MR) is 109 cm³/mol. The first-order chi connectivity index (χ1) is 13.5. The highest BCUT2D eigenvalue weighted by Gasteiger charge is 2.17. The van der Waals surface area contributed by atoms with E-state index in [1.165, 1.54) is 12.3 Å². The SMILES string of the molecule is O=[N+]([O-])c1cc(Br)cc(C=Nc2ccc3oc(-c4ccccc4)nc3c2)c1O. The van der Waals surface area contributed by atoms with Crippen molar-refractivity contribution in [3.63, 3.8) is 0 Å². The summed E-state index contributed by atoms with van der Waals surface area (Å²) in [5.41, 5.74) is 2.54. The van der Waals surface area contributed by atoms with Gasteiger partial charge in [0.2, 0.25) is 11.6 Å². The first-order valence-electron chi connectivity index (χ1n) is 8.18. The van der Waals surface area contributed by atoms with Crippen molar-refractivity contribution in [3.8, 4) is 17.2 Å². The van der Waals surface area contributed by atoms with Gasteiger partial charge in [0.05, 0.1) is 10.6 Å². The van der Waals surface area contributed by atoms with E-state index in [1.807, 2.05) is 30.3 Å². The summed E-state index contributed by atoms with van der Waals surface area (Å²) in [5, 5.41) is 21.1. The second-order valence-corrected chi connectivity index (χ2v) is 6.83. The van der Waals surface area contributed by atoms with Crippen molar-refractivity contribution in [2.75, 3.05) is 0 Å². The fourth-order valence-corrected chi connectivity index (χ4v) is 3.15. The maximum Gasteiger partial charge on any atom is 0.312 e. The highest BCUT2D eigenvalue weighted by Crippen LogP contribution is 2.33. The Balaban J connectivity index is 1.68. The number of halogens is 1. The Morgan fingerprint density at radius 3 is 2.68 bits per heavy atom. The van der Waals surface area contributed by atoms with Crippen molar-refractivity contribution in [2.45, 2.75) is 0 Å². The summed E-state index contributed by atoms with van der Waals surface area (Å²) in [6, 6.07) is 17.6. The van der Waals surface area contributed by atoms with Crippen LogP contribution in [0, 0.1) is 10.1 Å². The van der Waals surface area contributed by atoms with Crippen molar-refractivity contribution in [1.82, 2.24) is 4.98 Å². The molecule has 3 aromatic carbocycles. The van der Waals surface area contributed by atoms with Crippen LogP contribution < -0.4 is 0 Å². The summed E-state index contributed by atoms with van der Waals surface area (Å²) in [6.07, 6.45) is 1.37. The molecule has 4 aromatic rings. The van der Waals surface area contributed by atoms with Crippen LogP contribution in [-0.2, 0) is 0 Å². The lowest BCUT2D eigenvalue weighted by molar-refractivity contribution is -0.385. The summed E-state index contributed by atoms with van der Waals surface area (Å²) >= 11 is 3.20. The van der Waals surface area contributed by atoms with E-state index in [9.17, 15) is 15.2 Å². The molecule has 0 aliphatic rings. The van der Waals surface area contributed by atoms with Gasteiger partial charge in [-0.1, -0.05) is 34.1 Å². The molecule has 138 valence electrons. The minimum absolute atomic E-state index is 0.228. The molecule has 0 fully saturated rings. The van der Waals surface area contributed by atoms with Crippen LogP contribution in [0.4, 0.5) is 11.4 Å². The lowest BCUT2D eigenvalue weighted by Gasteiger charge is -2.01. The Labute approximate surface area is 167 Å². The number of aromatic nitrogens is 1. The lowest BCUT2D eigenvalue weighted by Crippen LogP contribution is -1.92. The summed E-state index contributed by atoms with van der Waals surface area (Å²) in [7, 11) is 0. The third kappa shape index (κ3) is 3.49. The van der Waals surface area contributed by atoms with Crippen LogP contribution in [0.2, 0.25) is 0 Å². The molecular weight excluding hydrogens is 426 g/mol. The molecule has 0 amide bonds. The molecule has 28 heavy (non-hydrogen) atoms. The van der Waals surface area contributed by atoms with Gasteiger partial charge in [-0.25, -0.2) is 4.98 Å². The highest BCUT2D eigenvalue weighted by atomic mass is 79.9. The molecule has 0 saturated carbocycles. The maximum absolute atomic E-state index is 11.0. The smallest absolute Gasteiger partial charge is 0.312 e. The van der Waals surface area contributed by atoms with Crippen molar-refractivity contribution in [2.24, 2.45) is 4.99 Å². The van der Waals surface area contributed by atoms with E-state index in [-0.39, 0.29) is 5.56 Å². The van der Waals surface area contributed by atoms with E-state index in [0.717, 1.165) is 5.56 Å². The third-order valence-electron chi connectivity index (χ3n) is 4.03. The average Bonchev–Trinajstić information content (AvgIpc) is 3.12. The Kier molecular flexibility index (Phi) is 4.62. The van der Waals surface area contributed by atoms with Crippen LogP contribution in [-0.4, -0.2) is 21.2 Å². The van der Waals surface area contributed by atoms with Gasteiger partial charge in [0.15, 0.2) is 5.58 Å². The van der Waals surface area contributed by atoms with Crippen molar-refractivity contribution >= 4 is 44.6 Å². The van der Waals surface area contributed by atoms with E-state index in [1.54, 1.807) is 24.3 Å². The lowest BCUT2D eigenvalue weighted by atomic mass is 10.2. The largest absolute Gasteiger partial charge is 0.502 e. The van der Waals surface area contributed by atoms with Crippen molar-refractivity contribution in [1.29, 1.82) is 0 Å². The van der Waals surface area contributed by atoms with Crippen LogP contribution in [0.5, 0.6) is 5.75 Å². The molecule has 0 saturated heterocycles. The molecule has 1 aromatic heterocycles. The number of phenolic OH excluding ortho intramolecular Hbond substituents is 1. The molecule has 0 bridgehead atoms. The van der Waals surface area contributed by atoms with Gasteiger partial charge in [0.1, 0.15) is 5.52 Å². The summed E-state index contributed by atoms with van der Waals surface area (Å²) < 4.78 is 6.23. The first kappa shape index (κ1) is 17.9. The zero-order valence-corrected chi connectivity index (χ0v) is 15.8. The quantitative estimate of drug-likeness (QED) is 0.253. The third-order valence-corrected chi connectivity index (χ3v) is 4.48. The van der Waals surface area contributed by atoms with Gasteiger partial charge < -0.3 is 9.52 Å². The number of rotatable bonds is 4. The number of hydrogen-bond donors (Lipinski definition) is 1. The molecule has 7 nitrogen and oxygen atoms in total. The number of fused-ring (bicyclic) bond motifs is 1. The molecule has 0 aliphatic carbocycles. The summed E-state index contributed by atoms with van der Waals surface area (Å²) in [4.78, 5) is 19.2. The topological polar surface area (TPSA) is 102 Å².